The summed E-state index contributed by atoms with van der Waals surface area (Å²) in [6, 6.07) is 18.2. The van der Waals surface area contributed by atoms with Gasteiger partial charge in [0.15, 0.2) is 0 Å². The van der Waals surface area contributed by atoms with Crippen molar-refractivity contribution in [3.05, 3.63) is 59.7 Å². The van der Waals surface area contributed by atoms with Gasteiger partial charge >= 0.3 is 0 Å². The first-order valence-corrected chi connectivity index (χ1v) is 9.82. The summed E-state index contributed by atoms with van der Waals surface area (Å²) in [6.07, 6.45) is 8.38. The molecule has 1 fully saturated rings. The van der Waals surface area contributed by atoms with Crippen LogP contribution in [-0.4, -0.2) is 0 Å². The Labute approximate surface area is 148 Å². The fourth-order valence-corrected chi connectivity index (χ4v) is 4.16. The van der Waals surface area contributed by atoms with Gasteiger partial charge < -0.3 is 0 Å². The van der Waals surface area contributed by atoms with Crippen molar-refractivity contribution in [3.63, 3.8) is 0 Å². The van der Waals surface area contributed by atoms with Crippen LogP contribution in [0.3, 0.4) is 0 Å². The zero-order chi connectivity index (χ0) is 16.9. The summed E-state index contributed by atoms with van der Waals surface area (Å²) >= 11 is 0. The first-order valence-electron chi connectivity index (χ1n) is 9.82. The van der Waals surface area contributed by atoms with Crippen molar-refractivity contribution in [1.29, 1.82) is 0 Å². The molecule has 0 aliphatic heterocycles. The number of benzene rings is 2. The van der Waals surface area contributed by atoms with Crippen molar-refractivity contribution in [2.24, 2.45) is 11.8 Å². The van der Waals surface area contributed by atoms with E-state index in [9.17, 15) is 0 Å². The lowest BCUT2D eigenvalue weighted by atomic mass is 9.75. The molecule has 0 nitrogen and oxygen atoms in total. The molecule has 0 amide bonds. The van der Waals surface area contributed by atoms with E-state index in [2.05, 4.69) is 69.3 Å². The monoisotopic (exact) mass is 320 g/mol. The Kier molecular flexibility index (Phi) is 5.76. The summed E-state index contributed by atoms with van der Waals surface area (Å²) in [5.41, 5.74) is 5.53. The Morgan fingerprint density at radius 3 is 1.92 bits per heavy atom. The number of aryl methyl sites for hydroxylation is 1. The Morgan fingerprint density at radius 2 is 1.38 bits per heavy atom. The van der Waals surface area contributed by atoms with Crippen LogP contribution >= 0.6 is 0 Å². The minimum Gasteiger partial charge on any atom is -0.0651 e. The predicted molar refractivity (Wildman–Crippen MR) is 105 cm³/mol. The van der Waals surface area contributed by atoms with Gasteiger partial charge in [-0.05, 0) is 73.5 Å². The van der Waals surface area contributed by atoms with Crippen LogP contribution in [-0.2, 0) is 0 Å². The summed E-state index contributed by atoms with van der Waals surface area (Å²) in [7, 11) is 0. The van der Waals surface area contributed by atoms with Gasteiger partial charge in [-0.25, -0.2) is 0 Å². The van der Waals surface area contributed by atoms with Crippen molar-refractivity contribution in [1.82, 2.24) is 0 Å². The molecule has 24 heavy (non-hydrogen) atoms. The Morgan fingerprint density at radius 1 is 0.833 bits per heavy atom. The molecular formula is C24H32. The van der Waals surface area contributed by atoms with Gasteiger partial charge in [0.1, 0.15) is 0 Å². The van der Waals surface area contributed by atoms with Crippen molar-refractivity contribution in [2.75, 3.05) is 0 Å². The molecule has 3 rings (SSSR count). The van der Waals surface area contributed by atoms with Gasteiger partial charge in [0.05, 0.1) is 0 Å². The second kappa shape index (κ2) is 8.01. The van der Waals surface area contributed by atoms with Crippen LogP contribution in [0, 0.1) is 18.8 Å². The van der Waals surface area contributed by atoms with Crippen molar-refractivity contribution < 1.29 is 0 Å². The Balaban J connectivity index is 1.59. The zero-order valence-electron chi connectivity index (χ0n) is 15.6. The molecular weight excluding hydrogens is 288 g/mol. The number of hydrogen-bond acceptors (Lipinski definition) is 0. The average molecular weight is 321 g/mol. The van der Waals surface area contributed by atoms with E-state index in [1.54, 1.807) is 5.56 Å². The summed E-state index contributed by atoms with van der Waals surface area (Å²) in [4.78, 5) is 0. The lowest BCUT2D eigenvalue weighted by molar-refractivity contribution is 0.273. The molecule has 0 bridgehead atoms. The molecule has 1 saturated carbocycles. The fourth-order valence-electron chi connectivity index (χ4n) is 4.16. The van der Waals surface area contributed by atoms with Crippen molar-refractivity contribution in [2.45, 2.75) is 65.2 Å². The van der Waals surface area contributed by atoms with Crippen LogP contribution in [0.5, 0.6) is 0 Å². The standard InChI is InChI=1S/C24H32/c1-4-18(2)17-20-7-11-22(12-8-20)24-15-13-23(14-16-24)21-9-5-19(3)6-10-21/h5-6,9-10,13-16,18,20,22H,4,7-8,11-12,17H2,1-3H3. The second-order valence-electron chi connectivity index (χ2n) is 7.95. The van der Waals surface area contributed by atoms with Crippen LogP contribution < -0.4 is 0 Å². The maximum atomic E-state index is 2.41. The van der Waals surface area contributed by atoms with E-state index in [1.165, 1.54) is 55.2 Å². The summed E-state index contributed by atoms with van der Waals surface area (Å²) in [5.74, 6) is 2.66. The zero-order valence-corrected chi connectivity index (χ0v) is 15.6. The molecule has 0 heteroatoms. The minimum absolute atomic E-state index is 0.783. The third kappa shape index (κ3) is 4.29. The van der Waals surface area contributed by atoms with Crippen molar-refractivity contribution >= 4 is 0 Å². The van der Waals surface area contributed by atoms with Gasteiger partial charge in [-0.2, -0.15) is 0 Å². The van der Waals surface area contributed by atoms with E-state index in [0.29, 0.717) is 0 Å². The normalized spacial score (nSPS) is 22.3. The topological polar surface area (TPSA) is 0 Å². The van der Waals surface area contributed by atoms with Gasteiger partial charge in [-0.15, -0.1) is 0 Å². The molecule has 0 saturated heterocycles. The maximum Gasteiger partial charge on any atom is -0.0162 e. The van der Waals surface area contributed by atoms with Crippen LogP contribution in [0.2, 0.25) is 0 Å². The van der Waals surface area contributed by atoms with Gasteiger partial charge in [0.2, 0.25) is 0 Å². The molecule has 2 aromatic rings. The average Bonchev–Trinajstić information content (AvgIpc) is 2.63. The maximum absolute atomic E-state index is 2.41. The number of rotatable bonds is 5. The van der Waals surface area contributed by atoms with E-state index in [0.717, 1.165) is 17.8 Å². The molecule has 1 unspecified atom stereocenters. The summed E-state index contributed by atoms with van der Waals surface area (Å²) in [6.45, 7) is 6.88. The largest absolute Gasteiger partial charge is 0.0651 e. The van der Waals surface area contributed by atoms with Crippen molar-refractivity contribution in [3.8, 4) is 11.1 Å². The third-order valence-corrected chi connectivity index (χ3v) is 6.05. The van der Waals surface area contributed by atoms with Gasteiger partial charge in [-0.3, -0.25) is 0 Å². The smallest absolute Gasteiger partial charge is 0.0162 e. The highest BCUT2D eigenvalue weighted by atomic mass is 14.3. The Bertz CT molecular complexity index is 612. The van der Waals surface area contributed by atoms with Gasteiger partial charge in [0, 0.05) is 0 Å². The predicted octanol–water partition coefficient (Wildman–Crippen LogP) is 7.37. The summed E-state index contributed by atoms with van der Waals surface area (Å²) < 4.78 is 0. The van der Waals surface area contributed by atoms with E-state index < -0.39 is 0 Å². The molecule has 1 aliphatic rings. The number of hydrogen-bond donors (Lipinski definition) is 0. The quantitative estimate of drug-likeness (QED) is 0.539. The molecule has 0 N–H and O–H groups in total. The molecule has 2 aromatic carbocycles. The molecule has 128 valence electrons. The lowest BCUT2D eigenvalue weighted by Gasteiger charge is -2.30. The molecule has 0 heterocycles. The first kappa shape index (κ1) is 17.3. The Hall–Kier alpha value is -1.56. The molecule has 0 spiro atoms. The van der Waals surface area contributed by atoms with Crippen LogP contribution in [0.4, 0.5) is 0 Å². The molecule has 0 aromatic heterocycles. The summed E-state index contributed by atoms with van der Waals surface area (Å²) in [5, 5.41) is 0. The van der Waals surface area contributed by atoms with Crippen LogP contribution in [0.1, 0.15) is 69.4 Å². The van der Waals surface area contributed by atoms with E-state index in [-0.39, 0.29) is 0 Å². The highest BCUT2D eigenvalue weighted by molar-refractivity contribution is 5.64. The van der Waals surface area contributed by atoms with E-state index in [1.807, 2.05) is 0 Å². The second-order valence-corrected chi connectivity index (χ2v) is 7.95. The van der Waals surface area contributed by atoms with Gasteiger partial charge in [0.25, 0.3) is 0 Å². The van der Waals surface area contributed by atoms with E-state index in [4.69, 9.17) is 0 Å². The highest BCUT2D eigenvalue weighted by Gasteiger charge is 2.23. The van der Waals surface area contributed by atoms with E-state index >= 15 is 0 Å². The minimum atomic E-state index is 0.783. The molecule has 0 radical (unpaired) electrons. The van der Waals surface area contributed by atoms with Gasteiger partial charge in [-0.1, -0.05) is 74.4 Å². The SMILES string of the molecule is CCC(C)CC1CCC(c2ccc(-c3ccc(C)cc3)cc2)CC1. The third-order valence-electron chi connectivity index (χ3n) is 6.05. The van der Waals surface area contributed by atoms with Crippen LogP contribution in [0.25, 0.3) is 11.1 Å². The first-order chi connectivity index (χ1) is 11.7. The molecule has 1 atom stereocenters. The van der Waals surface area contributed by atoms with Crippen LogP contribution in [0.15, 0.2) is 48.5 Å². The fraction of sp³-hybridized carbons (Fsp3) is 0.500. The highest BCUT2D eigenvalue weighted by Crippen LogP contribution is 2.39. The molecule has 1 aliphatic carbocycles. The lowest BCUT2D eigenvalue weighted by Crippen LogP contribution is -2.15.